The molecule has 1 aliphatic rings. The molecule has 1 saturated heterocycles. The number of nitrogen functional groups attached to an aromatic ring is 2. The number of rotatable bonds is 9. The fourth-order valence-corrected chi connectivity index (χ4v) is 4.03. The lowest BCUT2D eigenvalue weighted by Crippen LogP contribution is -2.55. The van der Waals surface area contributed by atoms with Gasteiger partial charge in [-0.1, -0.05) is 11.6 Å². The lowest BCUT2D eigenvalue weighted by Gasteiger charge is -2.38. The molecule has 0 aromatic heterocycles. The Morgan fingerprint density at radius 3 is 2.70 bits per heavy atom. The van der Waals surface area contributed by atoms with E-state index >= 15 is 0 Å². The number of halogens is 2. The van der Waals surface area contributed by atoms with E-state index in [0.717, 1.165) is 25.9 Å². The fraction of sp³-hybridized carbons (Fsp3) is 0.435. The van der Waals surface area contributed by atoms with E-state index in [4.69, 9.17) is 37.3 Å². The first-order valence-electron chi connectivity index (χ1n) is 10.7. The third-order valence-corrected chi connectivity index (χ3v) is 6.00. The molecule has 0 unspecified atom stereocenters. The minimum atomic E-state index is -0.390. The number of piperidine rings is 1. The average Bonchev–Trinajstić information content (AvgIpc) is 2.80. The molecule has 1 amide bonds. The minimum Gasteiger partial charge on any atom is -0.496 e. The van der Waals surface area contributed by atoms with E-state index < -0.39 is 5.82 Å². The predicted octanol–water partition coefficient (Wildman–Crippen LogP) is 2.94. The maximum atomic E-state index is 13.1. The van der Waals surface area contributed by atoms with Gasteiger partial charge in [0.25, 0.3) is 5.91 Å². The third-order valence-electron chi connectivity index (χ3n) is 5.67. The Bertz CT molecular complexity index is 978. The molecule has 180 valence electrons. The number of nitrogens with one attached hydrogen (secondary N) is 1. The van der Waals surface area contributed by atoms with Crippen molar-refractivity contribution in [3.05, 3.63) is 46.7 Å². The highest BCUT2D eigenvalue weighted by atomic mass is 35.5. The summed E-state index contributed by atoms with van der Waals surface area (Å²) in [6.07, 6.45) is 1.32. The quantitative estimate of drug-likeness (QED) is 0.373. The minimum absolute atomic E-state index is 0.157. The van der Waals surface area contributed by atoms with Crippen LogP contribution in [-0.4, -0.2) is 63.4 Å². The Labute approximate surface area is 197 Å². The van der Waals surface area contributed by atoms with Crippen LogP contribution in [0.4, 0.5) is 15.8 Å². The van der Waals surface area contributed by atoms with Gasteiger partial charge in [-0.15, -0.1) is 0 Å². The van der Waals surface area contributed by atoms with E-state index in [-0.39, 0.29) is 23.7 Å². The number of likely N-dealkylation sites (tertiary alicyclic amines) is 1. The van der Waals surface area contributed by atoms with Crippen LogP contribution in [0.25, 0.3) is 0 Å². The monoisotopic (exact) mass is 480 g/mol. The molecule has 2 atom stereocenters. The summed E-state index contributed by atoms with van der Waals surface area (Å²) < 4.78 is 29.7. The summed E-state index contributed by atoms with van der Waals surface area (Å²) in [5, 5.41) is 3.33. The Morgan fingerprint density at radius 1 is 1.21 bits per heavy atom. The zero-order chi connectivity index (χ0) is 24.0. The Balaban J connectivity index is 1.50. The molecule has 0 saturated carbocycles. The summed E-state index contributed by atoms with van der Waals surface area (Å²) in [5.41, 5.74) is 12.5. The van der Waals surface area contributed by atoms with Crippen molar-refractivity contribution < 1.29 is 23.4 Å². The van der Waals surface area contributed by atoms with Crippen LogP contribution in [-0.2, 0) is 4.74 Å². The van der Waals surface area contributed by atoms with Gasteiger partial charge in [-0.25, -0.2) is 4.39 Å². The van der Waals surface area contributed by atoms with E-state index in [9.17, 15) is 9.18 Å². The highest BCUT2D eigenvalue weighted by Gasteiger charge is 2.31. The van der Waals surface area contributed by atoms with Crippen LogP contribution in [0.2, 0.25) is 5.02 Å². The molecule has 0 radical (unpaired) electrons. The number of hydrogen-bond acceptors (Lipinski definition) is 7. The summed E-state index contributed by atoms with van der Waals surface area (Å²) >= 11 is 6.09. The summed E-state index contributed by atoms with van der Waals surface area (Å²) in [7, 11) is 3.11. The number of carbonyl (C=O) groups excluding carboxylic acids is 1. The number of ether oxygens (including phenoxy) is 3. The van der Waals surface area contributed by atoms with E-state index in [1.807, 2.05) is 0 Å². The molecule has 5 N–H and O–H groups in total. The highest BCUT2D eigenvalue weighted by molar-refractivity contribution is 6.33. The van der Waals surface area contributed by atoms with Crippen molar-refractivity contribution in [2.75, 3.05) is 51.9 Å². The maximum Gasteiger partial charge on any atom is 0.255 e. The van der Waals surface area contributed by atoms with Crippen molar-refractivity contribution in [1.29, 1.82) is 0 Å². The summed E-state index contributed by atoms with van der Waals surface area (Å²) in [4.78, 5) is 15.1. The molecule has 10 heteroatoms. The second-order valence-corrected chi connectivity index (χ2v) is 8.31. The Morgan fingerprint density at radius 2 is 2.00 bits per heavy atom. The smallest absolute Gasteiger partial charge is 0.255 e. The lowest BCUT2D eigenvalue weighted by molar-refractivity contribution is 0.00527. The van der Waals surface area contributed by atoms with Crippen LogP contribution in [0.1, 0.15) is 23.2 Å². The number of hydrogen-bond donors (Lipinski definition) is 3. The molecule has 1 fully saturated rings. The van der Waals surface area contributed by atoms with E-state index in [0.29, 0.717) is 40.9 Å². The topological polar surface area (TPSA) is 112 Å². The fourth-order valence-electron chi connectivity index (χ4n) is 3.87. The summed E-state index contributed by atoms with van der Waals surface area (Å²) in [5.74, 6) is 0.159. The Kier molecular flexibility index (Phi) is 8.60. The van der Waals surface area contributed by atoms with Crippen LogP contribution in [0.15, 0.2) is 30.3 Å². The van der Waals surface area contributed by atoms with E-state index in [1.54, 1.807) is 7.11 Å². The second kappa shape index (κ2) is 11.4. The van der Waals surface area contributed by atoms with Crippen LogP contribution in [0.5, 0.6) is 11.5 Å². The number of nitrogens with zero attached hydrogens (tertiary/aromatic N) is 1. The van der Waals surface area contributed by atoms with Crippen LogP contribution in [0.3, 0.4) is 0 Å². The van der Waals surface area contributed by atoms with Gasteiger partial charge in [0.1, 0.15) is 17.3 Å². The molecular weight excluding hydrogens is 451 g/mol. The van der Waals surface area contributed by atoms with Crippen LogP contribution in [0, 0.1) is 5.82 Å². The van der Waals surface area contributed by atoms with Gasteiger partial charge in [0.05, 0.1) is 47.8 Å². The van der Waals surface area contributed by atoms with Crippen molar-refractivity contribution in [3.8, 4) is 11.5 Å². The number of carbonyl (C=O) groups is 1. The largest absolute Gasteiger partial charge is 0.496 e. The number of nitrogens with two attached hydrogens (primary N) is 2. The molecule has 1 heterocycles. The number of amides is 1. The molecule has 33 heavy (non-hydrogen) atoms. The molecular formula is C23H30ClFN4O4. The van der Waals surface area contributed by atoms with E-state index in [2.05, 4.69) is 10.2 Å². The van der Waals surface area contributed by atoms with Crippen LogP contribution >= 0.6 is 11.6 Å². The van der Waals surface area contributed by atoms with Gasteiger partial charge in [-0.05, 0) is 31.0 Å². The van der Waals surface area contributed by atoms with Gasteiger partial charge in [0, 0.05) is 38.9 Å². The molecule has 1 aliphatic heterocycles. The van der Waals surface area contributed by atoms with Gasteiger partial charge in [-0.3, -0.25) is 4.79 Å². The summed E-state index contributed by atoms with van der Waals surface area (Å²) in [6.45, 7) is 2.72. The Hall–Kier alpha value is -2.75. The second-order valence-electron chi connectivity index (χ2n) is 7.90. The normalized spacial score (nSPS) is 18.7. The van der Waals surface area contributed by atoms with E-state index in [1.165, 1.54) is 37.4 Å². The predicted molar refractivity (Wildman–Crippen MR) is 126 cm³/mol. The molecule has 2 aromatic rings. The molecule has 0 bridgehead atoms. The van der Waals surface area contributed by atoms with Gasteiger partial charge in [0.15, 0.2) is 0 Å². The van der Waals surface area contributed by atoms with Crippen molar-refractivity contribution in [2.45, 2.75) is 25.0 Å². The van der Waals surface area contributed by atoms with Gasteiger partial charge in [0.2, 0.25) is 0 Å². The highest BCUT2D eigenvalue weighted by Crippen LogP contribution is 2.29. The van der Waals surface area contributed by atoms with Gasteiger partial charge in [-0.2, -0.15) is 0 Å². The first kappa shape index (κ1) is 24.9. The average molecular weight is 481 g/mol. The molecule has 0 aliphatic carbocycles. The van der Waals surface area contributed by atoms with Crippen molar-refractivity contribution in [3.63, 3.8) is 0 Å². The standard InChI is InChI=1S/C23H30ClFN4O4/c1-31-21-12-17(26)16(24)11-15(21)23(30)28-19-6-8-29(13-22(19)32-2)7-3-9-33-20-5-4-14(25)10-18(20)27/h4-5,10-12,19,22H,3,6-9,13,26-27H2,1-2H3,(H,28,30)/t19-,22+/m0/s1. The zero-order valence-corrected chi connectivity index (χ0v) is 19.5. The first-order chi connectivity index (χ1) is 15.8. The third kappa shape index (κ3) is 6.40. The molecule has 0 spiro atoms. The van der Waals surface area contributed by atoms with Crippen molar-refractivity contribution in [1.82, 2.24) is 10.2 Å². The zero-order valence-electron chi connectivity index (χ0n) is 18.8. The number of methoxy groups -OCH3 is 2. The van der Waals surface area contributed by atoms with Gasteiger partial charge >= 0.3 is 0 Å². The lowest BCUT2D eigenvalue weighted by atomic mass is 10.0. The maximum absolute atomic E-state index is 13.1. The summed E-state index contributed by atoms with van der Waals surface area (Å²) in [6, 6.07) is 6.98. The van der Waals surface area contributed by atoms with Gasteiger partial charge < -0.3 is 35.9 Å². The first-order valence-corrected chi connectivity index (χ1v) is 11.1. The number of anilines is 2. The van der Waals surface area contributed by atoms with Crippen molar-refractivity contribution in [2.24, 2.45) is 0 Å². The number of benzene rings is 2. The van der Waals surface area contributed by atoms with Crippen molar-refractivity contribution >= 4 is 28.9 Å². The SMILES string of the molecule is COc1cc(N)c(Cl)cc1C(=O)N[C@H]1CCN(CCCOc2ccc(F)cc2N)C[C@H]1OC. The molecule has 8 nitrogen and oxygen atoms in total. The molecule has 3 rings (SSSR count). The van der Waals surface area contributed by atoms with Crippen LogP contribution < -0.4 is 26.3 Å². The molecule has 2 aromatic carbocycles.